The van der Waals surface area contributed by atoms with Gasteiger partial charge in [-0.05, 0) is 18.3 Å². The van der Waals surface area contributed by atoms with Crippen molar-refractivity contribution < 1.29 is 19.6 Å². The molecule has 13 heteroatoms. The third-order valence-electron chi connectivity index (χ3n) is 3.13. The molecule has 0 aliphatic carbocycles. The maximum absolute atomic E-state index is 12.2. The number of thiocarbonyl (C=S) groups is 1. The van der Waals surface area contributed by atoms with Crippen LogP contribution < -0.4 is 10.6 Å². The van der Waals surface area contributed by atoms with Crippen molar-refractivity contribution in [3.8, 4) is 0 Å². The summed E-state index contributed by atoms with van der Waals surface area (Å²) >= 11 is 4.91. The second kappa shape index (κ2) is 7.92. The first-order chi connectivity index (χ1) is 12.7. The van der Waals surface area contributed by atoms with Crippen molar-refractivity contribution in [3.05, 3.63) is 78.4 Å². The van der Waals surface area contributed by atoms with Crippen molar-refractivity contribution in [1.29, 1.82) is 0 Å². The summed E-state index contributed by atoms with van der Waals surface area (Å²) < 4.78 is 0. The van der Waals surface area contributed by atoms with Gasteiger partial charge in [-0.2, -0.15) is 0 Å². The number of hydrogen-bond donors (Lipinski definition) is 2. The molecule has 2 aromatic rings. The summed E-state index contributed by atoms with van der Waals surface area (Å²) in [5, 5.41) is 36.9. The van der Waals surface area contributed by atoms with Gasteiger partial charge in [0.2, 0.25) is 0 Å². The molecule has 27 heavy (non-hydrogen) atoms. The number of nitro benzene ring substituents is 3. The van der Waals surface area contributed by atoms with Gasteiger partial charge in [-0.25, -0.2) is 0 Å². The van der Waals surface area contributed by atoms with Gasteiger partial charge in [0, 0.05) is 30.0 Å². The van der Waals surface area contributed by atoms with E-state index < -0.39 is 32.1 Å². The normalized spacial score (nSPS) is 9.93. The van der Waals surface area contributed by atoms with E-state index >= 15 is 0 Å². The van der Waals surface area contributed by atoms with Gasteiger partial charge >= 0.3 is 0 Å². The number of nitrogens with zero attached hydrogens (tertiary/aromatic N) is 3. The molecule has 0 fully saturated rings. The van der Waals surface area contributed by atoms with Gasteiger partial charge in [0.1, 0.15) is 0 Å². The molecule has 0 heterocycles. The molecule has 0 saturated heterocycles. The molecule has 2 aromatic carbocycles. The van der Waals surface area contributed by atoms with Crippen molar-refractivity contribution in [2.75, 3.05) is 5.32 Å². The van der Waals surface area contributed by atoms with Crippen LogP contribution in [0.1, 0.15) is 10.4 Å². The Balaban J connectivity index is 2.18. The number of anilines is 1. The zero-order valence-electron chi connectivity index (χ0n) is 13.1. The van der Waals surface area contributed by atoms with Crippen LogP contribution in [0.15, 0.2) is 42.5 Å². The summed E-state index contributed by atoms with van der Waals surface area (Å²) in [6, 6.07) is 7.73. The zero-order valence-corrected chi connectivity index (χ0v) is 14.0. The Morgan fingerprint density at radius 1 is 0.852 bits per heavy atom. The zero-order chi connectivity index (χ0) is 20.1. The SMILES string of the molecule is O=C(NC(=S)Nc1cccc([N+](=O)[O-])c1)c1cc([N+](=O)[O-])cc([N+](=O)[O-])c1. The van der Waals surface area contributed by atoms with Gasteiger partial charge in [-0.3, -0.25) is 40.5 Å². The minimum Gasteiger partial charge on any atom is -0.332 e. The molecule has 12 nitrogen and oxygen atoms in total. The van der Waals surface area contributed by atoms with Gasteiger partial charge < -0.3 is 5.32 Å². The lowest BCUT2D eigenvalue weighted by Gasteiger charge is -2.09. The second-order valence-electron chi connectivity index (χ2n) is 4.97. The Kier molecular flexibility index (Phi) is 5.67. The molecule has 2 rings (SSSR count). The van der Waals surface area contributed by atoms with E-state index in [1.165, 1.54) is 24.3 Å². The third-order valence-corrected chi connectivity index (χ3v) is 3.33. The quantitative estimate of drug-likeness (QED) is 0.441. The fraction of sp³-hybridized carbons (Fsp3) is 0. The molecule has 2 N–H and O–H groups in total. The smallest absolute Gasteiger partial charge is 0.277 e. The molecule has 0 radical (unpaired) electrons. The van der Waals surface area contributed by atoms with Crippen molar-refractivity contribution >= 4 is 46.0 Å². The van der Waals surface area contributed by atoms with Crippen molar-refractivity contribution in [1.82, 2.24) is 5.32 Å². The van der Waals surface area contributed by atoms with E-state index in [1.807, 2.05) is 0 Å². The molecular weight excluding hydrogens is 382 g/mol. The summed E-state index contributed by atoms with van der Waals surface area (Å²) in [4.78, 5) is 42.3. The van der Waals surface area contributed by atoms with Crippen LogP contribution in [0, 0.1) is 30.3 Å². The molecular formula is C14H9N5O7S. The molecule has 0 aliphatic heterocycles. The molecule has 0 atom stereocenters. The molecule has 0 saturated carbocycles. The number of non-ortho nitro benzene ring substituents is 3. The number of rotatable bonds is 5. The van der Waals surface area contributed by atoms with E-state index in [9.17, 15) is 35.1 Å². The lowest BCUT2D eigenvalue weighted by atomic mass is 10.1. The van der Waals surface area contributed by atoms with Gasteiger partial charge in [0.25, 0.3) is 23.0 Å². The summed E-state index contributed by atoms with van der Waals surface area (Å²) in [6.07, 6.45) is 0. The monoisotopic (exact) mass is 391 g/mol. The Bertz CT molecular complexity index is 946. The number of benzene rings is 2. The highest BCUT2D eigenvalue weighted by molar-refractivity contribution is 7.80. The molecule has 0 spiro atoms. The summed E-state index contributed by atoms with van der Waals surface area (Å²) in [5.74, 6) is -0.926. The Morgan fingerprint density at radius 2 is 1.41 bits per heavy atom. The van der Waals surface area contributed by atoms with E-state index in [-0.39, 0.29) is 22.1 Å². The topological polar surface area (TPSA) is 171 Å². The van der Waals surface area contributed by atoms with Crippen LogP contribution in [0.2, 0.25) is 0 Å². The number of carbonyl (C=O) groups is 1. The first kappa shape index (κ1) is 19.3. The molecule has 0 aliphatic rings. The molecule has 0 unspecified atom stereocenters. The number of amides is 1. The van der Waals surface area contributed by atoms with Crippen LogP contribution in [-0.4, -0.2) is 25.8 Å². The second-order valence-corrected chi connectivity index (χ2v) is 5.38. The fourth-order valence-electron chi connectivity index (χ4n) is 1.97. The minimum atomic E-state index is -0.926. The highest BCUT2D eigenvalue weighted by Crippen LogP contribution is 2.23. The highest BCUT2D eigenvalue weighted by atomic mass is 32.1. The van der Waals surface area contributed by atoms with Gasteiger partial charge in [-0.1, -0.05) is 6.07 Å². The standard InChI is InChI=1S/C14H9N5O7S/c20-13(8-4-11(18(23)24)7-12(5-8)19(25)26)16-14(27)15-9-2-1-3-10(6-9)17(21)22/h1-7H,(H2,15,16,20,27). The van der Waals surface area contributed by atoms with Gasteiger partial charge in [-0.15, -0.1) is 0 Å². The highest BCUT2D eigenvalue weighted by Gasteiger charge is 2.20. The lowest BCUT2D eigenvalue weighted by Crippen LogP contribution is -2.34. The first-order valence-electron chi connectivity index (χ1n) is 6.98. The van der Waals surface area contributed by atoms with E-state index in [1.54, 1.807) is 0 Å². The fourth-order valence-corrected chi connectivity index (χ4v) is 2.18. The van der Waals surface area contributed by atoms with Gasteiger partial charge in [0.15, 0.2) is 5.11 Å². The number of hydrogen-bond acceptors (Lipinski definition) is 8. The Labute approximate surface area is 155 Å². The predicted molar refractivity (Wildman–Crippen MR) is 96.5 cm³/mol. The van der Waals surface area contributed by atoms with Crippen LogP contribution in [0.4, 0.5) is 22.7 Å². The summed E-state index contributed by atoms with van der Waals surface area (Å²) in [6.45, 7) is 0. The number of nitro groups is 3. The van der Waals surface area contributed by atoms with Crippen LogP contribution in [0.25, 0.3) is 0 Å². The van der Waals surface area contributed by atoms with E-state index in [4.69, 9.17) is 12.2 Å². The van der Waals surface area contributed by atoms with Crippen molar-refractivity contribution in [3.63, 3.8) is 0 Å². The van der Waals surface area contributed by atoms with Gasteiger partial charge in [0.05, 0.1) is 26.4 Å². The molecule has 138 valence electrons. The van der Waals surface area contributed by atoms with Crippen LogP contribution in [0.5, 0.6) is 0 Å². The van der Waals surface area contributed by atoms with E-state index in [0.717, 1.165) is 18.2 Å². The third kappa shape index (κ3) is 4.99. The number of nitrogens with one attached hydrogen (secondary N) is 2. The maximum atomic E-state index is 12.2. The first-order valence-corrected chi connectivity index (χ1v) is 7.39. The van der Waals surface area contributed by atoms with E-state index in [0.29, 0.717) is 0 Å². The van der Waals surface area contributed by atoms with Crippen molar-refractivity contribution in [2.45, 2.75) is 0 Å². The Hall–Kier alpha value is -4.00. The van der Waals surface area contributed by atoms with Crippen molar-refractivity contribution in [2.24, 2.45) is 0 Å². The maximum Gasteiger partial charge on any atom is 0.277 e. The average molecular weight is 391 g/mol. The molecule has 0 aromatic heterocycles. The van der Waals surface area contributed by atoms with Crippen LogP contribution >= 0.6 is 12.2 Å². The summed E-state index contributed by atoms with van der Waals surface area (Å²) in [5.41, 5.74) is -1.60. The largest absolute Gasteiger partial charge is 0.332 e. The lowest BCUT2D eigenvalue weighted by molar-refractivity contribution is -0.394. The van der Waals surface area contributed by atoms with E-state index in [2.05, 4.69) is 10.6 Å². The summed E-state index contributed by atoms with van der Waals surface area (Å²) in [7, 11) is 0. The molecule has 1 amide bonds. The van der Waals surface area contributed by atoms with Crippen LogP contribution in [0.3, 0.4) is 0 Å². The predicted octanol–water partition coefficient (Wildman–Crippen LogP) is 2.54. The van der Waals surface area contributed by atoms with Crippen LogP contribution in [-0.2, 0) is 0 Å². The molecule has 0 bridgehead atoms. The Morgan fingerprint density at radius 3 is 1.93 bits per heavy atom. The minimum absolute atomic E-state index is 0.205. The number of carbonyl (C=O) groups excluding carboxylic acids is 1. The average Bonchev–Trinajstić information content (AvgIpc) is 2.61.